The summed E-state index contributed by atoms with van der Waals surface area (Å²) in [5.41, 5.74) is 3.37. The maximum atomic E-state index is 12.2. The number of likely N-dealkylation sites (tertiary alicyclic amines) is 1. The lowest BCUT2D eigenvalue weighted by atomic mass is 9.78. The zero-order valence-electron chi connectivity index (χ0n) is 11.2. The van der Waals surface area contributed by atoms with Crippen molar-refractivity contribution in [2.24, 2.45) is 5.41 Å². The molecule has 3 rings (SSSR count). The van der Waals surface area contributed by atoms with Crippen molar-refractivity contribution in [2.45, 2.75) is 32.1 Å². The van der Waals surface area contributed by atoms with Crippen LogP contribution in [0.2, 0.25) is 0 Å². The Bertz CT molecular complexity index is 416. The Morgan fingerprint density at radius 3 is 2.89 bits per heavy atom. The number of amides is 1. The smallest absolute Gasteiger partial charge is 0.222 e. The van der Waals surface area contributed by atoms with Crippen molar-refractivity contribution in [3.8, 4) is 0 Å². The van der Waals surface area contributed by atoms with Crippen LogP contribution in [0.5, 0.6) is 0 Å². The molecule has 1 N–H and O–H groups in total. The maximum absolute atomic E-state index is 12.2. The summed E-state index contributed by atoms with van der Waals surface area (Å²) in [5, 5.41) is 5.49. The summed E-state index contributed by atoms with van der Waals surface area (Å²) >= 11 is 1.60. The zero-order valence-corrected chi connectivity index (χ0v) is 12.0. The number of thiazole rings is 1. The molecule has 19 heavy (non-hydrogen) atoms. The second kappa shape index (κ2) is 5.59. The number of aromatic nitrogens is 1. The minimum Gasteiger partial charge on any atom is -0.343 e. The first kappa shape index (κ1) is 13.1. The van der Waals surface area contributed by atoms with E-state index in [2.05, 4.69) is 15.2 Å². The monoisotopic (exact) mass is 279 g/mol. The summed E-state index contributed by atoms with van der Waals surface area (Å²) in [4.78, 5) is 18.5. The third-order valence-electron chi connectivity index (χ3n) is 4.59. The highest BCUT2D eigenvalue weighted by atomic mass is 32.1. The molecule has 4 nitrogen and oxygen atoms in total. The SMILES string of the molecule is O=C(CCc1cscn1)N1CCC2(CCNC2)CC1. The molecule has 1 spiro atoms. The number of carbonyl (C=O) groups excluding carboxylic acids is 1. The van der Waals surface area contributed by atoms with E-state index in [1.807, 2.05) is 10.9 Å². The van der Waals surface area contributed by atoms with Gasteiger partial charge in [0.25, 0.3) is 0 Å². The van der Waals surface area contributed by atoms with Gasteiger partial charge in [0.1, 0.15) is 0 Å². The van der Waals surface area contributed by atoms with Crippen LogP contribution in [0.1, 0.15) is 31.4 Å². The fraction of sp³-hybridized carbons (Fsp3) is 0.714. The average molecular weight is 279 g/mol. The molecule has 3 heterocycles. The fourth-order valence-corrected chi connectivity index (χ4v) is 3.80. The molecule has 2 aliphatic rings. The van der Waals surface area contributed by atoms with Crippen molar-refractivity contribution in [1.82, 2.24) is 15.2 Å². The molecule has 1 aromatic heterocycles. The molecule has 0 radical (unpaired) electrons. The van der Waals surface area contributed by atoms with Crippen molar-refractivity contribution in [3.05, 3.63) is 16.6 Å². The van der Waals surface area contributed by atoms with Crippen LogP contribution in [0.15, 0.2) is 10.9 Å². The predicted molar refractivity (Wildman–Crippen MR) is 76.2 cm³/mol. The summed E-state index contributed by atoms with van der Waals surface area (Å²) in [6.07, 6.45) is 5.01. The van der Waals surface area contributed by atoms with Gasteiger partial charge in [-0.2, -0.15) is 0 Å². The molecule has 1 aromatic rings. The Morgan fingerprint density at radius 2 is 2.26 bits per heavy atom. The first-order chi connectivity index (χ1) is 9.27. The highest BCUT2D eigenvalue weighted by Gasteiger charge is 2.37. The molecule has 2 aliphatic heterocycles. The second-order valence-electron chi connectivity index (χ2n) is 5.79. The summed E-state index contributed by atoms with van der Waals surface area (Å²) in [5.74, 6) is 0.300. The summed E-state index contributed by atoms with van der Waals surface area (Å²) in [7, 11) is 0. The van der Waals surface area contributed by atoms with Gasteiger partial charge in [0.2, 0.25) is 5.91 Å². The van der Waals surface area contributed by atoms with Gasteiger partial charge >= 0.3 is 0 Å². The van der Waals surface area contributed by atoms with Crippen molar-refractivity contribution in [3.63, 3.8) is 0 Å². The molecule has 0 saturated carbocycles. The Morgan fingerprint density at radius 1 is 1.42 bits per heavy atom. The number of hydrogen-bond acceptors (Lipinski definition) is 4. The fourth-order valence-electron chi connectivity index (χ4n) is 3.21. The lowest BCUT2D eigenvalue weighted by Crippen LogP contribution is -2.44. The number of nitrogens with zero attached hydrogens (tertiary/aromatic N) is 2. The standard InChI is InChI=1S/C14H21N3OS/c18-13(2-1-12-9-19-11-16-12)17-7-4-14(5-8-17)3-6-15-10-14/h9,11,15H,1-8,10H2. The Kier molecular flexibility index (Phi) is 3.84. The largest absolute Gasteiger partial charge is 0.343 e. The van der Waals surface area contributed by atoms with E-state index in [1.165, 1.54) is 19.3 Å². The molecule has 2 fully saturated rings. The summed E-state index contributed by atoms with van der Waals surface area (Å²) in [6, 6.07) is 0. The van der Waals surface area contributed by atoms with Gasteiger partial charge in [-0.15, -0.1) is 11.3 Å². The van der Waals surface area contributed by atoms with Gasteiger partial charge in [-0.05, 0) is 37.6 Å². The molecular formula is C14H21N3OS. The van der Waals surface area contributed by atoms with Crippen LogP contribution in [0.25, 0.3) is 0 Å². The predicted octanol–water partition coefficient (Wildman–Crippen LogP) is 1.68. The number of hydrogen-bond donors (Lipinski definition) is 1. The summed E-state index contributed by atoms with van der Waals surface area (Å²) < 4.78 is 0. The van der Waals surface area contributed by atoms with Gasteiger partial charge < -0.3 is 10.2 Å². The van der Waals surface area contributed by atoms with E-state index in [-0.39, 0.29) is 0 Å². The molecular weight excluding hydrogens is 258 g/mol. The van der Waals surface area contributed by atoms with Crippen LogP contribution in [0.4, 0.5) is 0 Å². The van der Waals surface area contributed by atoms with E-state index in [4.69, 9.17) is 0 Å². The zero-order chi connectivity index (χ0) is 13.1. The van der Waals surface area contributed by atoms with Crippen LogP contribution in [-0.4, -0.2) is 42.0 Å². The second-order valence-corrected chi connectivity index (χ2v) is 6.51. The highest BCUT2D eigenvalue weighted by Crippen LogP contribution is 2.36. The van der Waals surface area contributed by atoms with Gasteiger partial charge in [-0.25, -0.2) is 4.98 Å². The molecule has 0 aliphatic carbocycles. The topological polar surface area (TPSA) is 45.2 Å². The van der Waals surface area contributed by atoms with Gasteiger partial charge in [0.05, 0.1) is 11.2 Å². The Hall–Kier alpha value is -0.940. The van der Waals surface area contributed by atoms with E-state index in [0.29, 0.717) is 17.7 Å². The van der Waals surface area contributed by atoms with Gasteiger partial charge in [0.15, 0.2) is 0 Å². The maximum Gasteiger partial charge on any atom is 0.222 e. The van der Waals surface area contributed by atoms with Crippen molar-refractivity contribution in [2.75, 3.05) is 26.2 Å². The molecule has 0 bridgehead atoms. The third kappa shape index (κ3) is 2.98. The molecule has 2 saturated heterocycles. The number of carbonyl (C=O) groups is 1. The quantitative estimate of drug-likeness (QED) is 0.915. The minimum absolute atomic E-state index is 0.300. The molecule has 0 unspecified atom stereocenters. The first-order valence-electron chi connectivity index (χ1n) is 7.13. The number of rotatable bonds is 3. The van der Waals surface area contributed by atoms with Crippen LogP contribution in [0.3, 0.4) is 0 Å². The van der Waals surface area contributed by atoms with E-state index < -0.39 is 0 Å². The van der Waals surface area contributed by atoms with E-state index in [1.54, 1.807) is 11.3 Å². The Balaban J connectivity index is 1.46. The number of nitrogens with one attached hydrogen (secondary N) is 1. The van der Waals surface area contributed by atoms with Gasteiger partial charge in [-0.3, -0.25) is 4.79 Å². The van der Waals surface area contributed by atoms with Crippen molar-refractivity contribution < 1.29 is 4.79 Å². The normalized spacial score (nSPS) is 22.0. The lowest BCUT2D eigenvalue weighted by molar-refractivity contribution is -0.133. The van der Waals surface area contributed by atoms with Gasteiger partial charge in [0, 0.05) is 31.4 Å². The minimum atomic E-state index is 0.300. The van der Waals surface area contributed by atoms with Gasteiger partial charge in [-0.1, -0.05) is 0 Å². The Labute approximate surface area is 118 Å². The first-order valence-corrected chi connectivity index (χ1v) is 8.07. The van der Waals surface area contributed by atoms with E-state index >= 15 is 0 Å². The van der Waals surface area contributed by atoms with Crippen LogP contribution < -0.4 is 5.32 Å². The van der Waals surface area contributed by atoms with Crippen LogP contribution in [-0.2, 0) is 11.2 Å². The van der Waals surface area contributed by atoms with Crippen LogP contribution >= 0.6 is 11.3 Å². The lowest BCUT2D eigenvalue weighted by Gasteiger charge is -2.39. The number of aryl methyl sites for hydroxylation is 1. The van der Waals surface area contributed by atoms with E-state index in [9.17, 15) is 4.79 Å². The average Bonchev–Trinajstić information content (AvgIpc) is 3.09. The molecule has 0 atom stereocenters. The van der Waals surface area contributed by atoms with Crippen molar-refractivity contribution in [1.29, 1.82) is 0 Å². The molecule has 5 heteroatoms. The number of piperidine rings is 1. The third-order valence-corrected chi connectivity index (χ3v) is 5.22. The van der Waals surface area contributed by atoms with Crippen LogP contribution in [0, 0.1) is 5.41 Å². The molecule has 104 valence electrons. The van der Waals surface area contributed by atoms with E-state index in [0.717, 1.165) is 38.3 Å². The molecule has 1 amide bonds. The molecule has 0 aromatic carbocycles. The van der Waals surface area contributed by atoms with Crippen molar-refractivity contribution >= 4 is 17.2 Å². The summed E-state index contributed by atoms with van der Waals surface area (Å²) in [6.45, 7) is 4.18. The highest BCUT2D eigenvalue weighted by molar-refractivity contribution is 7.07.